The van der Waals surface area contributed by atoms with Gasteiger partial charge in [-0.3, -0.25) is 0 Å². The Morgan fingerprint density at radius 3 is 2.28 bits per heavy atom. The molecule has 1 saturated heterocycles. The zero-order valence-corrected chi connectivity index (χ0v) is 11.5. The minimum atomic E-state index is 0.792. The van der Waals surface area contributed by atoms with Crippen LogP contribution in [0.1, 0.15) is 0 Å². The van der Waals surface area contributed by atoms with Gasteiger partial charge in [-0.25, -0.2) is 4.98 Å². The van der Waals surface area contributed by atoms with Gasteiger partial charge >= 0.3 is 0 Å². The third-order valence-electron chi connectivity index (χ3n) is 3.21. The summed E-state index contributed by atoms with van der Waals surface area (Å²) in [6.07, 6.45) is 0. The van der Waals surface area contributed by atoms with Crippen LogP contribution in [-0.4, -0.2) is 31.2 Å². The Labute approximate surface area is 116 Å². The van der Waals surface area contributed by atoms with Crippen LogP contribution in [-0.2, 0) is 0 Å². The molecule has 0 atom stereocenters. The van der Waals surface area contributed by atoms with E-state index in [1.54, 1.807) is 11.3 Å². The third-order valence-corrected chi connectivity index (χ3v) is 4.04. The van der Waals surface area contributed by atoms with Gasteiger partial charge in [0, 0.05) is 42.3 Å². The topological polar surface area (TPSA) is 19.4 Å². The number of halogens is 1. The Kier molecular flexibility index (Phi) is 3.39. The van der Waals surface area contributed by atoms with Gasteiger partial charge in [0.25, 0.3) is 0 Å². The first kappa shape index (κ1) is 11.8. The maximum atomic E-state index is 5.91. The molecule has 2 heterocycles. The Balaban J connectivity index is 1.65. The van der Waals surface area contributed by atoms with E-state index in [9.17, 15) is 0 Å². The van der Waals surface area contributed by atoms with E-state index >= 15 is 0 Å². The summed E-state index contributed by atoms with van der Waals surface area (Å²) in [5.41, 5.74) is 3.14. The summed E-state index contributed by atoms with van der Waals surface area (Å²) >= 11 is 7.56. The van der Waals surface area contributed by atoms with Crippen molar-refractivity contribution in [3.05, 3.63) is 40.2 Å². The normalized spacial score (nSPS) is 16.1. The number of piperazine rings is 1. The van der Waals surface area contributed by atoms with Crippen molar-refractivity contribution in [1.29, 1.82) is 0 Å². The van der Waals surface area contributed by atoms with E-state index in [4.69, 9.17) is 11.6 Å². The van der Waals surface area contributed by atoms with Gasteiger partial charge < -0.3 is 9.80 Å². The zero-order valence-electron chi connectivity index (χ0n) is 9.92. The molecule has 1 aliphatic heterocycles. The molecule has 0 bridgehead atoms. The fourth-order valence-corrected chi connectivity index (χ4v) is 2.90. The van der Waals surface area contributed by atoms with Gasteiger partial charge in [0.1, 0.15) is 5.82 Å². The van der Waals surface area contributed by atoms with E-state index in [-0.39, 0.29) is 0 Å². The maximum Gasteiger partial charge on any atom is 0.139 e. The Bertz CT molecular complexity index is 489. The summed E-state index contributed by atoms with van der Waals surface area (Å²) in [7, 11) is 0. The molecule has 0 unspecified atom stereocenters. The number of thiazole rings is 1. The highest BCUT2D eigenvalue weighted by Gasteiger charge is 2.18. The Morgan fingerprint density at radius 2 is 1.67 bits per heavy atom. The van der Waals surface area contributed by atoms with Gasteiger partial charge in [-0.15, -0.1) is 11.3 Å². The van der Waals surface area contributed by atoms with Crippen LogP contribution in [0, 0.1) is 0 Å². The molecule has 0 amide bonds. The molecule has 1 aromatic heterocycles. The van der Waals surface area contributed by atoms with Crippen LogP contribution < -0.4 is 9.80 Å². The monoisotopic (exact) mass is 279 g/mol. The second-order valence-corrected chi connectivity index (χ2v) is 5.45. The average Bonchev–Trinajstić information content (AvgIpc) is 2.94. The number of hydrogen-bond acceptors (Lipinski definition) is 4. The van der Waals surface area contributed by atoms with E-state index in [2.05, 4.69) is 32.3 Å². The first-order valence-corrected chi connectivity index (χ1v) is 7.29. The molecule has 1 fully saturated rings. The highest BCUT2D eigenvalue weighted by atomic mass is 35.5. The highest BCUT2D eigenvalue weighted by molar-refractivity contribution is 7.07. The van der Waals surface area contributed by atoms with E-state index in [1.807, 2.05) is 17.6 Å². The SMILES string of the molecule is Clc1ccc(N2CCN(c3cscn3)CC2)cc1. The summed E-state index contributed by atoms with van der Waals surface area (Å²) < 4.78 is 0. The zero-order chi connectivity index (χ0) is 12.4. The van der Waals surface area contributed by atoms with E-state index < -0.39 is 0 Å². The van der Waals surface area contributed by atoms with Crippen molar-refractivity contribution in [3.63, 3.8) is 0 Å². The van der Waals surface area contributed by atoms with Crippen molar-refractivity contribution >= 4 is 34.4 Å². The second-order valence-electron chi connectivity index (χ2n) is 4.30. The van der Waals surface area contributed by atoms with Gasteiger partial charge in [-0.2, -0.15) is 0 Å². The van der Waals surface area contributed by atoms with Gasteiger partial charge in [0.05, 0.1) is 5.51 Å². The summed E-state index contributed by atoms with van der Waals surface area (Å²) in [5.74, 6) is 1.11. The lowest BCUT2D eigenvalue weighted by molar-refractivity contribution is 0.649. The van der Waals surface area contributed by atoms with E-state index in [0.717, 1.165) is 37.0 Å². The number of nitrogens with zero attached hydrogens (tertiary/aromatic N) is 3. The molecule has 0 saturated carbocycles. The number of rotatable bonds is 2. The second kappa shape index (κ2) is 5.16. The predicted octanol–water partition coefficient (Wildman–Crippen LogP) is 3.12. The molecular weight excluding hydrogens is 266 g/mol. The predicted molar refractivity (Wildman–Crippen MR) is 78.0 cm³/mol. The molecule has 18 heavy (non-hydrogen) atoms. The lowest BCUT2D eigenvalue weighted by Gasteiger charge is -2.36. The van der Waals surface area contributed by atoms with Crippen LogP contribution in [0.2, 0.25) is 5.02 Å². The molecule has 0 radical (unpaired) electrons. The number of hydrogen-bond donors (Lipinski definition) is 0. The third kappa shape index (κ3) is 2.44. The number of anilines is 2. The summed E-state index contributed by atoms with van der Waals surface area (Å²) in [6, 6.07) is 8.06. The van der Waals surface area contributed by atoms with Crippen molar-refractivity contribution < 1.29 is 0 Å². The van der Waals surface area contributed by atoms with Gasteiger partial charge in [-0.1, -0.05) is 11.6 Å². The highest BCUT2D eigenvalue weighted by Crippen LogP contribution is 2.21. The fraction of sp³-hybridized carbons (Fsp3) is 0.308. The molecule has 1 aromatic carbocycles. The minimum Gasteiger partial charge on any atom is -0.368 e. The molecule has 1 aliphatic rings. The van der Waals surface area contributed by atoms with Gasteiger partial charge in [0.2, 0.25) is 0 Å². The van der Waals surface area contributed by atoms with Crippen LogP contribution in [0.25, 0.3) is 0 Å². The van der Waals surface area contributed by atoms with Crippen LogP contribution in [0.4, 0.5) is 11.5 Å². The molecule has 0 spiro atoms. The summed E-state index contributed by atoms with van der Waals surface area (Å²) in [6.45, 7) is 4.09. The Morgan fingerprint density at radius 1 is 1.00 bits per heavy atom. The molecular formula is C13H14ClN3S. The van der Waals surface area contributed by atoms with Crippen molar-refractivity contribution in [3.8, 4) is 0 Å². The lowest BCUT2D eigenvalue weighted by atomic mass is 10.2. The van der Waals surface area contributed by atoms with Crippen LogP contribution >= 0.6 is 22.9 Å². The van der Waals surface area contributed by atoms with E-state index in [1.165, 1.54) is 5.69 Å². The molecule has 0 aliphatic carbocycles. The molecule has 0 N–H and O–H groups in total. The maximum absolute atomic E-state index is 5.91. The molecule has 5 heteroatoms. The van der Waals surface area contributed by atoms with Gasteiger partial charge in [-0.05, 0) is 24.3 Å². The quantitative estimate of drug-likeness (QED) is 0.842. The van der Waals surface area contributed by atoms with Crippen LogP contribution in [0.5, 0.6) is 0 Å². The minimum absolute atomic E-state index is 0.792. The van der Waals surface area contributed by atoms with E-state index in [0.29, 0.717) is 0 Å². The number of benzene rings is 1. The summed E-state index contributed by atoms with van der Waals surface area (Å²) in [5, 5.41) is 2.90. The number of aromatic nitrogens is 1. The fourth-order valence-electron chi connectivity index (χ4n) is 2.21. The lowest BCUT2D eigenvalue weighted by Crippen LogP contribution is -2.46. The van der Waals surface area contributed by atoms with Crippen molar-refractivity contribution in [2.24, 2.45) is 0 Å². The molecule has 3 rings (SSSR count). The summed E-state index contributed by atoms with van der Waals surface area (Å²) in [4.78, 5) is 9.08. The van der Waals surface area contributed by atoms with Crippen LogP contribution in [0.3, 0.4) is 0 Å². The van der Waals surface area contributed by atoms with Crippen molar-refractivity contribution in [1.82, 2.24) is 4.98 Å². The first-order chi connectivity index (χ1) is 8.83. The Hall–Kier alpha value is -1.26. The molecule has 3 nitrogen and oxygen atoms in total. The molecule has 94 valence electrons. The average molecular weight is 280 g/mol. The molecule has 2 aromatic rings. The van der Waals surface area contributed by atoms with Crippen molar-refractivity contribution in [2.45, 2.75) is 0 Å². The van der Waals surface area contributed by atoms with Crippen LogP contribution in [0.15, 0.2) is 35.2 Å². The first-order valence-electron chi connectivity index (χ1n) is 5.96. The largest absolute Gasteiger partial charge is 0.368 e. The standard InChI is InChI=1S/C13H14ClN3S/c14-11-1-3-12(4-2-11)16-5-7-17(8-6-16)13-9-18-10-15-13/h1-4,9-10H,5-8H2. The van der Waals surface area contributed by atoms with Gasteiger partial charge in [0.15, 0.2) is 0 Å². The smallest absolute Gasteiger partial charge is 0.139 e. The van der Waals surface area contributed by atoms with Crippen molar-refractivity contribution in [2.75, 3.05) is 36.0 Å².